The Labute approximate surface area is 98.0 Å². The van der Waals surface area contributed by atoms with E-state index in [1.807, 2.05) is 6.07 Å². The van der Waals surface area contributed by atoms with Crippen molar-refractivity contribution in [2.75, 3.05) is 19.0 Å². The number of nitrogens with one attached hydrogen (secondary N) is 1. The molecule has 16 heavy (non-hydrogen) atoms. The van der Waals surface area contributed by atoms with Gasteiger partial charge in [0, 0.05) is 12.5 Å². The van der Waals surface area contributed by atoms with E-state index >= 15 is 0 Å². The van der Waals surface area contributed by atoms with Gasteiger partial charge in [0.1, 0.15) is 5.75 Å². The fourth-order valence-corrected chi connectivity index (χ4v) is 2.82. The molecule has 0 amide bonds. The summed E-state index contributed by atoms with van der Waals surface area (Å²) in [6, 6.07) is 6.36. The van der Waals surface area contributed by atoms with Crippen LogP contribution in [0.2, 0.25) is 0 Å². The molecule has 2 nitrogen and oxygen atoms in total. The Kier molecular flexibility index (Phi) is 3.37. The minimum atomic E-state index is 0.653. The molecule has 0 radical (unpaired) electrons. The highest BCUT2D eigenvalue weighted by atomic mass is 16.5. The van der Waals surface area contributed by atoms with E-state index in [1.165, 1.54) is 24.1 Å². The molecule has 1 aromatic rings. The van der Waals surface area contributed by atoms with Crippen molar-refractivity contribution < 1.29 is 4.74 Å². The highest BCUT2D eigenvalue weighted by Gasteiger charge is 2.29. The van der Waals surface area contributed by atoms with Crippen LogP contribution in [0.15, 0.2) is 18.2 Å². The Morgan fingerprint density at radius 2 is 2.12 bits per heavy atom. The molecule has 1 aromatic carbocycles. The molecule has 2 rings (SSSR count). The minimum absolute atomic E-state index is 0.653. The molecule has 0 spiro atoms. The predicted molar refractivity (Wildman–Crippen MR) is 68.3 cm³/mol. The Bertz CT molecular complexity index is 358. The summed E-state index contributed by atoms with van der Waals surface area (Å²) in [5, 5.41) is 3.49. The molecule has 1 unspecified atom stereocenters. The van der Waals surface area contributed by atoms with E-state index in [-0.39, 0.29) is 0 Å². The van der Waals surface area contributed by atoms with E-state index in [0.717, 1.165) is 18.2 Å². The molecular formula is C14H21NO. The number of fused-ring (bicyclic) bond motifs is 1. The number of rotatable bonds is 4. The summed E-state index contributed by atoms with van der Waals surface area (Å²) in [6.45, 7) is 5.63. The average Bonchev–Trinajstić information content (AvgIpc) is 2.75. The summed E-state index contributed by atoms with van der Waals surface area (Å²) >= 11 is 0. The van der Waals surface area contributed by atoms with Gasteiger partial charge in [-0.2, -0.15) is 0 Å². The van der Waals surface area contributed by atoms with E-state index < -0.39 is 0 Å². The Balaban J connectivity index is 2.32. The summed E-state index contributed by atoms with van der Waals surface area (Å²) in [4.78, 5) is 0. The molecule has 2 heteroatoms. The molecule has 88 valence electrons. The molecule has 1 N–H and O–H groups in total. The summed E-state index contributed by atoms with van der Waals surface area (Å²) in [5.41, 5.74) is 2.65. The number of hydrogen-bond donors (Lipinski definition) is 1. The SMILES string of the molecule is CCC(CC)C1CNc2c(OC)cccc21. The van der Waals surface area contributed by atoms with E-state index in [0.29, 0.717) is 5.92 Å². The summed E-state index contributed by atoms with van der Waals surface area (Å²) < 4.78 is 5.39. The average molecular weight is 219 g/mol. The molecule has 0 aromatic heterocycles. The van der Waals surface area contributed by atoms with Crippen LogP contribution in [0.25, 0.3) is 0 Å². The van der Waals surface area contributed by atoms with Crippen molar-refractivity contribution in [3.05, 3.63) is 23.8 Å². The monoisotopic (exact) mass is 219 g/mol. The molecular weight excluding hydrogens is 198 g/mol. The first-order valence-electron chi connectivity index (χ1n) is 6.22. The Hall–Kier alpha value is -1.18. The second-order valence-electron chi connectivity index (χ2n) is 4.49. The van der Waals surface area contributed by atoms with Crippen LogP contribution in [-0.2, 0) is 0 Å². The fourth-order valence-electron chi connectivity index (χ4n) is 2.82. The third kappa shape index (κ3) is 1.77. The topological polar surface area (TPSA) is 21.3 Å². The number of methoxy groups -OCH3 is 1. The van der Waals surface area contributed by atoms with Gasteiger partial charge in [0.05, 0.1) is 12.8 Å². The van der Waals surface area contributed by atoms with Gasteiger partial charge < -0.3 is 10.1 Å². The van der Waals surface area contributed by atoms with Gasteiger partial charge >= 0.3 is 0 Å². The van der Waals surface area contributed by atoms with Crippen LogP contribution < -0.4 is 10.1 Å². The number of ether oxygens (including phenoxy) is 1. The van der Waals surface area contributed by atoms with Gasteiger partial charge in [-0.1, -0.05) is 38.8 Å². The van der Waals surface area contributed by atoms with E-state index in [9.17, 15) is 0 Å². The molecule has 0 fully saturated rings. The lowest BCUT2D eigenvalue weighted by atomic mass is 9.84. The van der Waals surface area contributed by atoms with Crippen LogP contribution in [0.5, 0.6) is 5.75 Å². The standard InChI is InChI=1S/C14H21NO/c1-4-10(5-2)12-9-15-14-11(12)7-6-8-13(14)16-3/h6-8,10,12,15H,4-5,9H2,1-3H3. The number of para-hydroxylation sites is 1. The molecule has 1 heterocycles. The third-order valence-electron chi connectivity index (χ3n) is 3.79. The first kappa shape index (κ1) is 11.3. The molecule has 0 aliphatic carbocycles. The molecule has 1 aliphatic rings. The molecule has 1 aliphatic heterocycles. The van der Waals surface area contributed by atoms with Gasteiger partial charge in [-0.25, -0.2) is 0 Å². The lowest BCUT2D eigenvalue weighted by Gasteiger charge is -2.20. The minimum Gasteiger partial charge on any atom is -0.495 e. The van der Waals surface area contributed by atoms with Crippen LogP contribution in [0.3, 0.4) is 0 Å². The van der Waals surface area contributed by atoms with Crippen LogP contribution in [0, 0.1) is 5.92 Å². The van der Waals surface area contributed by atoms with Gasteiger partial charge in [-0.3, -0.25) is 0 Å². The first-order chi connectivity index (χ1) is 7.81. The van der Waals surface area contributed by atoms with Crippen molar-refractivity contribution in [1.29, 1.82) is 0 Å². The van der Waals surface area contributed by atoms with Crippen molar-refractivity contribution in [3.63, 3.8) is 0 Å². The number of benzene rings is 1. The van der Waals surface area contributed by atoms with E-state index in [2.05, 4.69) is 31.3 Å². The molecule has 0 bridgehead atoms. The second kappa shape index (κ2) is 4.77. The van der Waals surface area contributed by atoms with E-state index in [4.69, 9.17) is 4.74 Å². The van der Waals surface area contributed by atoms with Gasteiger partial charge in [0.2, 0.25) is 0 Å². The maximum Gasteiger partial charge on any atom is 0.142 e. The van der Waals surface area contributed by atoms with Gasteiger partial charge in [-0.05, 0) is 17.5 Å². The smallest absolute Gasteiger partial charge is 0.142 e. The zero-order valence-electron chi connectivity index (χ0n) is 10.4. The van der Waals surface area contributed by atoms with Crippen molar-refractivity contribution in [3.8, 4) is 5.75 Å². The van der Waals surface area contributed by atoms with Gasteiger partial charge in [0.15, 0.2) is 0 Å². The van der Waals surface area contributed by atoms with Crippen molar-refractivity contribution in [2.45, 2.75) is 32.6 Å². The highest BCUT2D eigenvalue weighted by molar-refractivity contribution is 5.66. The Morgan fingerprint density at radius 3 is 2.75 bits per heavy atom. The zero-order chi connectivity index (χ0) is 11.5. The van der Waals surface area contributed by atoms with E-state index in [1.54, 1.807) is 7.11 Å². The third-order valence-corrected chi connectivity index (χ3v) is 3.79. The predicted octanol–water partition coefficient (Wildman–Crippen LogP) is 3.64. The molecule has 1 atom stereocenters. The summed E-state index contributed by atoms with van der Waals surface area (Å²) in [7, 11) is 1.74. The van der Waals surface area contributed by atoms with Crippen LogP contribution in [0.1, 0.15) is 38.2 Å². The first-order valence-corrected chi connectivity index (χ1v) is 6.22. The summed E-state index contributed by atoms with van der Waals surface area (Å²) in [6.07, 6.45) is 2.50. The van der Waals surface area contributed by atoms with Crippen molar-refractivity contribution in [1.82, 2.24) is 0 Å². The maximum absolute atomic E-state index is 5.39. The van der Waals surface area contributed by atoms with Crippen molar-refractivity contribution >= 4 is 5.69 Å². The van der Waals surface area contributed by atoms with Crippen LogP contribution in [-0.4, -0.2) is 13.7 Å². The highest BCUT2D eigenvalue weighted by Crippen LogP contribution is 2.43. The number of hydrogen-bond acceptors (Lipinski definition) is 2. The maximum atomic E-state index is 5.39. The zero-order valence-corrected chi connectivity index (χ0v) is 10.4. The van der Waals surface area contributed by atoms with Crippen molar-refractivity contribution in [2.24, 2.45) is 5.92 Å². The second-order valence-corrected chi connectivity index (χ2v) is 4.49. The summed E-state index contributed by atoms with van der Waals surface area (Å²) in [5.74, 6) is 2.41. The number of anilines is 1. The Morgan fingerprint density at radius 1 is 1.38 bits per heavy atom. The molecule has 0 saturated carbocycles. The fraction of sp³-hybridized carbons (Fsp3) is 0.571. The normalized spacial score (nSPS) is 18.4. The van der Waals surface area contributed by atoms with Crippen LogP contribution >= 0.6 is 0 Å². The van der Waals surface area contributed by atoms with Gasteiger partial charge in [-0.15, -0.1) is 0 Å². The lowest BCUT2D eigenvalue weighted by molar-refractivity contribution is 0.413. The molecule has 0 saturated heterocycles. The lowest BCUT2D eigenvalue weighted by Crippen LogP contribution is -2.13. The largest absolute Gasteiger partial charge is 0.495 e. The van der Waals surface area contributed by atoms with Gasteiger partial charge in [0.25, 0.3) is 0 Å². The quantitative estimate of drug-likeness (QED) is 0.834. The van der Waals surface area contributed by atoms with Crippen LogP contribution in [0.4, 0.5) is 5.69 Å².